The molecule has 1 saturated heterocycles. The van der Waals surface area contributed by atoms with E-state index in [2.05, 4.69) is 47.1 Å². The lowest BCUT2D eigenvalue weighted by atomic mass is 10.0. The van der Waals surface area contributed by atoms with Crippen LogP contribution in [0.3, 0.4) is 0 Å². The van der Waals surface area contributed by atoms with Crippen molar-refractivity contribution in [1.29, 1.82) is 0 Å². The van der Waals surface area contributed by atoms with Crippen LogP contribution in [-0.2, 0) is 0 Å². The molecule has 0 unspecified atom stereocenters. The van der Waals surface area contributed by atoms with Gasteiger partial charge in [-0.15, -0.1) is 0 Å². The third kappa shape index (κ3) is 3.18. The average molecular weight is 281 g/mol. The predicted molar refractivity (Wildman–Crippen MR) is 89.8 cm³/mol. The Morgan fingerprint density at radius 3 is 2.48 bits per heavy atom. The summed E-state index contributed by atoms with van der Waals surface area (Å²) in [6.45, 7) is 8.40. The summed E-state index contributed by atoms with van der Waals surface area (Å²) in [4.78, 5) is 2.53. The fourth-order valence-electron chi connectivity index (χ4n) is 3.03. The van der Waals surface area contributed by atoms with Crippen molar-refractivity contribution >= 4 is 11.4 Å². The van der Waals surface area contributed by atoms with Crippen LogP contribution in [0.15, 0.2) is 47.7 Å². The molecule has 2 aliphatic rings. The Morgan fingerprint density at radius 1 is 1.10 bits per heavy atom. The van der Waals surface area contributed by atoms with Gasteiger partial charge in [0.15, 0.2) is 0 Å². The van der Waals surface area contributed by atoms with Crippen molar-refractivity contribution in [3.05, 3.63) is 53.8 Å². The molecule has 1 aromatic carbocycles. The first-order valence-electron chi connectivity index (χ1n) is 7.81. The number of hydrogen-bond donors (Lipinski definition) is 1. The highest BCUT2D eigenvalue weighted by atomic mass is 15.3. The minimum Gasteiger partial charge on any atom is -0.371 e. The fourth-order valence-corrected chi connectivity index (χ4v) is 3.03. The maximum absolute atomic E-state index is 4.35. The van der Waals surface area contributed by atoms with Gasteiger partial charge >= 0.3 is 0 Å². The van der Waals surface area contributed by atoms with E-state index in [-0.39, 0.29) is 0 Å². The number of anilines is 1. The van der Waals surface area contributed by atoms with E-state index >= 15 is 0 Å². The average Bonchev–Trinajstić information content (AvgIpc) is 2.77. The molecule has 21 heavy (non-hydrogen) atoms. The lowest BCUT2D eigenvalue weighted by Gasteiger charge is -2.25. The zero-order valence-electron chi connectivity index (χ0n) is 12.7. The van der Waals surface area contributed by atoms with Gasteiger partial charge in [-0.25, -0.2) is 0 Å². The van der Waals surface area contributed by atoms with Gasteiger partial charge in [0, 0.05) is 30.0 Å². The van der Waals surface area contributed by atoms with Crippen LogP contribution >= 0.6 is 0 Å². The number of allylic oxidation sites excluding steroid dienone is 2. The second kappa shape index (κ2) is 6.17. The van der Waals surface area contributed by atoms with Crippen molar-refractivity contribution < 1.29 is 0 Å². The standard InChI is InChI=1S/C18H23N3/c1-14-13-16(17-9-7-15(2)19-20-17)8-10-18(14)21-11-5-3-4-6-12-21/h7-10,13,19H,2-6,11-12H2,1H3. The molecular formula is C18H23N3. The molecule has 1 fully saturated rings. The SMILES string of the molecule is C=C1C=CC(c2ccc(N3CCCCCC3)c(C)c2)=NN1. The molecule has 1 aromatic rings. The smallest absolute Gasteiger partial charge is 0.0906 e. The minimum absolute atomic E-state index is 0.830. The van der Waals surface area contributed by atoms with E-state index in [1.165, 1.54) is 50.0 Å². The van der Waals surface area contributed by atoms with Crippen molar-refractivity contribution in [1.82, 2.24) is 5.43 Å². The number of benzene rings is 1. The Hall–Kier alpha value is -2.03. The lowest BCUT2D eigenvalue weighted by molar-refractivity contribution is 0.726. The monoisotopic (exact) mass is 281 g/mol. The number of aryl methyl sites for hydroxylation is 1. The number of nitrogens with zero attached hydrogens (tertiary/aromatic N) is 2. The zero-order chi connectivity index (χ0) is 14.7. The van der Waals surface area contributed by atoms with Gasteiger partial charge in [0.2, 0.25) is 0 Å². The Morgan fingerprint density at radius 2 is 1.86 bits per heavy atom. The predicted octanol–water partition coefficient (Wildman–Crippen LogP) is 3.75. The molecule has 2 aliphatic heterocycles. The van der Waals surface area contributed by atoms with Gasteiger partial charge in [0.25, 0.3) is 0 Å². The molecule has 0 amide bonds. The molecule has 0 aliphatic carbocycles. The maximum Gasteiger partial charge on any atom is 0.0906 e. The summed E-state index contributed by atoms with van der Waals surface area (Å²) in [5.41, 5.74) is 8.59. The van der Waals surface area contributed by atoms with Crippen molar-refractivity contribution in [3.63, 3.8) is 0 Å². The topological polar surface area (TPSA) is 27.6 Å². The molecule has 0 bridgehead atoms. The van der Waals surface area contributed by atoms with Gasteiger partial charge in [-0.2, -0.15) is 5.10 Å². The summed E-state index contributed by atoms with van der Waals surface area (Å²) in [7, 11) is 0. The van der Waals surface area contributed by atoms with Crippen molar-refractivity contribution in [2.75, 3.05) is 18.0 Å². The first-order chi connectivity index (χ1) is 10.2. The third-order valence-electron chi connectivity index (χ3n) is 4.20. The van der Waals surface area contributed by atoms with Crippen molar-refractivity contribution in [3.8, 4) is 0 Å². The summed E-state index contributed by atoms with van der Waals surface area (Å²) in [5, 5.41) is 4.35. The van der Waals surface area contributed by atoms with Gasteiger partial charge in [-0.1, -0.05) is 25.5 Å². The Labute approximate surface area is 127 Å². The van der Waals surface area contributed by atoms with Crippen molar-refractivity contribution in [2.45, 2.75) is 32.6 Å². The molecule has 0 aromatic heterocycles. The van der Waals surface area contributed by atoms with Gasteiger partial charge < -0.3 is 4.90 Å². The van der Waals surface area contributed by atoms with Crippen LogP contribution in [0, 0.1) is 6.92 Å². The van der Waals surface area contributed by atoms with Gasteiger partial charge in [-0.05, 0) is 49.6 Å². The lowest BCUT2D eigenvalue weighted by Crippen LogP contribution is -2.24. The molecule has 3 rings (SSSR count). The van der Waals surface area contributed by atoms with E-state index in [1.807, 2.05) is 12.2 Å². The summed E-state index contributed by atoms with van der Waals surface area (Å²) in [6.07, 6.45) is 9.32. The highest BCUT2D eigenvalue weighted by molar-refractivity contribution is 6.09. The molecule has 1 N–H and O–H groups in total. The Kier molecular flexibility index (Phi) is 4.09. The second-order valence-electron chi connectivity index (χ2n) is 5.87. The molecular weight excluding hydrogens is 258 g/mol. The number of rotatable bonds is 2. The molecule has 0 atom stereocenters. The normalized spacial score (nSPS) is 19.0. The number of nitrogens with one attached hydrogen (secondary N) is 1. The summed E-state index contributed by atoms with van der Waals surface area (Å²) in [6, 6.07) is 6.65. The highest BCUT2D eigenvalue weighted by Gasteiger charge is 2.13. The van der Waals surface area contributed by atoms with Crippen LogP contribution in [0.1, 0.15) is 36.8 Å². The Balaban J connectivity index is 1.82. The van der Waals surface area contributed by atoms with E-state index in [1.54, 1.807) is 0 Å². The number of hydrazone groups is 1. The van der Waals surface area contributed by atoms with Crippen LogP contribution in [-0.4, -0.2) is 18.8 Å². The quantitative estimate of drug-likeness (QED) is 0.894. The first-order valence-corrected chi connectivity index (χ1v) is 7.81. The van der Waals surface area contributed by atoms with Crippen LogP contribution in [0.25, 0.3) is 0 Å². The molecule has 0 saturated carbocycles. The minimum atomic E-state index is 0.830. The van der Waals surface area contributed by atoms with Gasteiger partial charge in [0.05, 0.1) is 5.71 Å². The maximum atomic E-state index is 4.35. The van der Waals surface area contributed by atoms with Crippen LogP contribution in [0.4, 0.5) is 5.69 Å². The summed E-state index contributed by atoms with van der Waals surface area (Å²) < 4.78 is 0. The van der Waals surface area contributed by atoms with Crippen LogP contribution in [0.2, 0.25) is 0 Å². The van der Waals surface area contributed by atoms with E-state index in [0.717, 1.165) is 17.0 Å². The molecule has 3 heteroatoms. The third-order valence-corrected chi connectivity index (χ3v) is 4.20. The van der Waals surface area contributed by atoms with Gasteiger partial charge in [-0.3, -0.25) is 5.43 Å². The van der Waals surface area contributed by atoms with E-state index in [4.69, 9.17) is 0 Å². The second-order valence-corrected chi connectivity index (χ2v) is 5.87. The Bertz CT molecular complexity index is 590. The van der Waals surface area contributed by atoms with E-state index in [0.29, 0.717) is 0 Å². The molecule has 110 valence electrons. The molecule has 3 nitrogen and oxygen atoms in total. The van der Waals surface area contributed by atoms with Crippen molar-refractivity contribution in [2.24, 2.45) is 5.10 Å². The van der Waals surface area contributed by atoms with Crippen LogP contribution in [0.5, 0.6) is 0 Å². The molecule has 2 heterocycles. The zero-order valence-corrected chi connectivity index (χ0v) is 12.7. The molecule has 0 radical (unpaired) electrons. The van der Waals surface area contributed by atoms with Gasteiger partial charge in [0.1, 0.15) is 0 Å². The summed E-state index contributed by atoms with van der Waals surface area (Å²) >= 11 is 0. The van der Waals surface area contributed by atoms with E-state index < -0.39 is 0 Å². The summed E-state index contributed by atoms with van der Waals surface area (Å²) in [5.74, 6) is 0. The largest absolute Gasteiger partial charge is 0.371 e. The fraction of sp³-hybridized carbons (Fsp3) is 0.389. The molecule has 0 spiro atoms. The number of hydrogen-bond acceptors (Lipinski definition) is 3. The first kappa shape index (κ1) is 13.9. The highest BCUT2D eigenvalue weighted by Crippen LogP contribution is 2.25. The van der Waals surface area contributed by atoms with Crippen LogP contribution < -0.4 is 10.3 Å². The van der Waals surface area contributed by atoms with E-state index in [9.17, 15) is 0 Å².